The Bertz CT molecular complexity index is 978. The third-order valence-corrected chi connectivity index (χ3v) is 6.09. The maximum atomic E-state index is 12.9. The van der Waals surface area contributed by atoms with Gasteiger partial charge < -0.3 is 10.1 Å². The van der Waals surface area contributed by atoms with Crippen LogP contribution in [0.2, 0.25) is 5.02 Å². The lowest BCUT2D eigenvalue weighted by atomic mass is 10.2. The molecule has 0 aliphatic heterocycles. The molecule has 2 aromatic carbocycles. The number of halogens is 1. The first-order valence-electron chi connectivity index (χ1n) is 8.90. The molecule has 29 heavy (non-hydrogen) atoms. The summed E-state index contributed by atoms with van der Waals surface area (Å²) in [6.07, 6.45) is 0. The Morgan fingerprint density at radius 2 is 1.79 bits per heavy atom. The van der Waals surface area contributed by atoms with Gasteiger partial charge in [0.1, 0.15) is 0 Å². The molecule has 0 saturated heterocycles. The second-order valence-corrected chi connectivity index (χ2v) is 9.10. The van der Waals surface area contributed by atoms with Gasteiger partial charge in [0.15, 0.2) is 6.61 Å². The Labute approximate surface area is 175 Å². The van der Waals surface area contributed by atoms with E-state index >= 15 is 0 Å². The standard InChI is InChI=1S/C20H23ClN2O5S/c1-14(2)12-22-19(24)13-28-20(25)17-11-16(9-10-18(17)21)29(26,27)23(3)15-7-5-4-6-8-15/h4-11,14H,12-13H2,1-3H3,(H,22,24). The lowest BCUT2D eigenvalue weighted by Crippen LogP contribution is -2.31. The minimum atomic E-state index is -3.93. The number of esters is 1. The van der Waals surface area contributed by atoms with Gasteiger partial charge >= 0.3 is 5.97 Å². The fraction of sp³-hybridized carbons (Fsp3) is 0.300. The smallest absolute Gasteiger partial charge is 0.340 e. The highest BCUT2D eigenvalue weighted by Crippen LogP contribution is 2.26. The van der Waals surface area contributed by atoms with Crippen LogP contribution in [0.25, 0.3) is 0 Å². The molecule has 1 amide bonds. The van der Waals surface area contributed by atoms with E-state index < -0.39 is 28.5 Å². The molecule has 1 N–H and O–H groups in total. The van der Waals surface area contributed by atoms with Gasteiger partial charge in [-0.3, -0.25) is 9.10 Å². The number of benzene rings is 2. The quantitative estimate of drug-likeness (QED) is 0.639. The van der Waals surface area contributed by atoms with Gasteiger partial charge in [-0.05, 0) is 36.2 Å². The fourth-order valence-corrected chi connectivity index (χ4v) is 3.75. The number of hydrogen-bond donors (Lipinski definition) is 1. The SMILES string of the molecule is CC(C)CNC(=O)COC(=O)c1cc(S(=O)(=O)N(C)c2ccccc2)ccc1Cl. The van der Waals surface area contributed by atoms with E-state index in [1.807, 2.05) is 13.8 Å². The van der Waals surface area contributed by atoms with Crippen molar-refractivity contribution in [2.24, 2.45) is 5.92 Å². The van der Waals surface area contributed by atoms with Gasteiger partial charge in [0, 0.05) is 13.6 Å². The Hall–Kier alpha value is -2.58. The van der Waals surface area contributed by atoms with Crippen molar-refractivity contribution >= 4 is 39.2 Å². The largest absolute Gasteiger partial charge is 0.452 e. The van der Waals surface area contributed by atoms with Gasteiger partial charge in [-0.2, -0.15) is 0 Å². The van der Waals surface area contributed by atoms with Crippen LogP contribution in [0.4, 0.5) is 5.69 Å². The van der Waals surface area contributed by atoms with Crippen LogP contribution in [0, 0.1) is 5.92 Å². The Balaban J connectivity index is 2.18. The van der Waals surface area contributed by atoms with Crippen LogP contribution in [-0.4, -0.2) is 40.5 Å². The average molecular weight is 439 g/mol. The minimum Gasteiger partial charge on any atom is -0.452 e. The first-order chi connectivity index (χ1) is 13.6. The summed E-state index contributed by atoms with van der Waals surface area (Å²) in [6, 6.07) is 12.3. The van der Waals surface area contributed by atoms with Crippen LogP contribution < -0.4 is 9.62 Å². The topological polar surface area (TPSA) is 92.8 Å². The number of amides is 1. The molecule has 0 heterocycles. The molecule has 0 aliphatic rings. The van der Waals surface area contributed by atoms with Crippen LogP contribution >= 0.6 is 11.6 Å². The monoisotopic (exact) mass is 438 g/mol. The van der Waals surface area contributed by atoms with Crippen molar-refractivity contribution in [3.63, 3.8) is 0 Å². The zero-order valence-corrected chi connectivity index (χ0v) is 18.0. The lowest BCUT2D eigenvalue weighted by Gasteiger charge is -2.20. The number of nitrogens with zero attached hydrogens (tertiary/aromatic N) is 1. The van der Waals surface area contributed by atoms with Crippen molar-refractivity contribution in [2.45, 2.75) is 18.7 Å². The van der Waals surface area contributed by atoms with Crippen LogP contribution in [0.3, 0.4) is 0 Å². The number of sulfonamides is 1. The number of hydrogen-bond acceptors (Lipinski definition) is 5. The summed E-state index contributed by atoms with van der Waals surface area (Å²) in [5.74, 6) is -1.07. The molecule has 0 spiro atoms. The zero-order valence-electron chi connectivity index (χ0n) is 16.4. The fourth-order valence-electron chi connectivity index (χ4n) is 2.33. The first kappa shape index (κ1) is 22.7. The van der Waals surface area contributed by atoms with Crippen LogP contribution in [0.5, 0.6) is 0 Å². The average Bonchev–Trinajstić information content (AvgIpc) is 2.70. The van der Waals surface area contributed by atoms with Gasteiger partial charge in [-0.15, -0.1) is 0 Å². The number of nitrogens with one attached hydrogen (secondary N) is 1. The predicted octanol–water partition coefficient (Wildman–Crippen LogP) is 3.09. The second kappa shape index (κ2) is 9.76. The normalized spacial score (nSPS) is 11.2. The number of rotatable bonds is 8. The third kappa shape index (κ3) is 5.95. The summed E-state index contributed by atoms with van der Waals surface area (Å²) in [5, 5.41) is 2.65. The van der Waals surface area contributed by atoms with Gasteiger partial charge in [0.25, 0.3) is 15.9 Å². The number of para-hydroxylation sites is 1. The number of carbonyl (C=O) groups excluding carboxylic acids is 2. The number of anilines is 1. The molecule has 0 bridgehead atoms. The molecule has 9 heteroatoms. The molecular weight excluding hydrogens is 416 g/mol. The summed E-state index contributed by atoms with van der Waals surface area (Å²) in [5.41, 5.74) is 0.333. The third-order valence-electron chi connectivity index (χ3n) is 3.98. The molecule has 156 valence electrons. The highest BCUT2D eigenvalue weighted by atomic mass is 35.5. The van der Waals surface area contributed by atoms with E-state index in [-0.39, 0.29) is 21.4 Å². The lowest BCUT2D eigenvalue weighted by molar-refractivity contribution is -0.124. The predicted molar refractivity (Wildman–Crippen MR) is 112 cm³/mol. The number of carbonyl (C=O) groups is 2. The summed E-state index contributed by atoms with van der Waals surface area (Å²) >= 11 is 6.05. The zero-order chi connectivity index (χ0) is 21.6. The van der Waals surface area contributed by atoms with Crippen molar-refractivity contribution < 1.29 is 22.7 Å². The second-order valence-electron chi connectivity index (χ2n) is 6.72. The minimum absolute atomic E-state index is 0.0268. The van der Waals surface area contributed by atoms with Crippen molar-refractivity contribution in [1.29, 1.82) is 0 Å². The van der Waals surface area contributed by atoms with E-state index in [1.165, 1.54) is 19.2 Å². The molecule has 0 fully saturated rings. The Kier molecular flexibility index (Phi) is 7.64. The Morgan fingerprint density at radius 1 is 1.14 bits per heavy atom. The molecule has 7 nitrogen and oxygen atoms in total. The van der Waals surface area contributed by atoms with Gasteiger partial charge in [0.05, 0.1) is 21.2 Å². The van der Waals surface area contributed by atoms with E-state index in [0.29, 0.717) is 12.2 Å². The maximum absolute atomic E-state index is 12.9. The first-order valence-corrected chi connectivity index (χ1v) is 10.7. The van der Waals surface area contributed by atoms with E-state index in [0.717, 1.165) is 10.4 Å². The Morgan fingerprint density at radius 3 is 2.41 bits per heavy atom. The van der Waals surface area contributed by atoms with Gasteiger partial charge in [-0.25, -0.2) is 13.2 Å². The molecule has 0 atom stereocenters. The van der Waals surface area contributed by atoms with E-state index in [2.05, 4.69) is 5.32 Å². The highest BCUT2D eigenvalue weighted by molar-refractivity contribution is 7.92. The van der Waals surface area contributed by atoms with Crippen LogP contribution in [0.15, 0.2) is 53.4 Å². The summed E-state index contributed by atoms with van der Waals surface area (Å²) < 4.78 is 31.9. The molecule has 2 rings (SSSR count). The van der Waals surface area contributed by atoms with Crippen LogP contribution in [-0.2, 0) is 19.6 Å². The summed E-state index contributed by atoms with van der Waals surface area (Å²) in [7, 11) is -2.51. The molecule has 0 aliphatic carbocycles. The van der Waals surface area contributed by atoms with E-state index in [1.54, 1.807) is 30.3 Å². The highest BCUT2D eigenvalue weighted by Gasteiger charge is 2.24. The van der Waals surface area contributed by atoms with Gasteiger partial charge in [0.2, 0.25) is 0 Å². The summed E-state index contributed by atoms with van der Waals surface area (Å²) in [4.78, 5) is 23.9. The molecular formula is C20H23ClN2O5S. The maximum Gasteiger partial charge on any atom is 0.340 e. The van der Waals surface area contributed by atoms with Crippen molar-refractivity contribution in [3.05, 3.63) is 59.1 Å². The molecule has 0 unspecified atom stereocenters. The molecule has 0 aromatic heterocycles. The van der Waals surface area contributed by atoms with Crippen LogP contribution in [0.1, 0.15) is 24.2 Å². The van der Waals surface area contributed by atoms with E-state index in [4.69, 9.17) is 16.3 Å². The van der Waals surface area contributed by atoms with Crippen molar-refractivity contribution in [2.75, 3.05) is 24.5 Å². The number of ether oxygens (including phenoxy) is 1. The summed E-state index contributed by atoms with van der Waals surface area (Å²) in [6.45, 7) is 3.84. The molecule has 2 aromatic rings. The van der Waals surface area contributed by atoms with E-state index in [9.17, 15) is 18.0 Å². The molecule has 0 saturated carbocycles. The van der Waals surface area contributed by atoms with Crippen molar-refractivity contribution in [3.8, 4) is 0 Å². The molecule has 0 radical (unpaired) electrons. The van der Waals surface area contributed by atoms with Gasteiger partial charge in [-0.1, -0.05) is 43.6 Å². The van der Waals surface area contributed by atoms with Crippen molar-refractivity contribution in [1.82, 2.24) is 5.32 Å².